The van der Waals surface area contributed by atoms with Crippen LogP contribution in [0.5, 0.6) is 0 Å². The van der Waals surface area contributed by atoms with Crippen molar-refractivity contribution in [1.82, 2.24) is 20.3 Å². The lowest BCUT2D eigenvalue weighted by Crippen LogP contribution is -2.39. The predicted molar refractivity (Wildman–Crippen MR) is 61.2 cm³/mol. The molecule has 0 spiro atoms. The van der Waals surface area contributed by atoms with E-state index in [0.29, 0.717) is 19.5 Å². The number of aromatic nitrogens is 3. The quantitative estimate of drug-likeness (QED) is 0.758. The molecular formula is C11H18N4O2. The summed E-state index contributed by atoms with van der Waals surface area (Å²) in [5.41, 5.74) is 1.90. The van der Waals surface area contributed by atoms with Gasteiger partial charge in [-0.2, -0.15) is 15.4 Å². The molecule has 1 aliphatic rings. The third kappa shape index (κ3) is 2.46. The smallest absolute Gasteiger partial charge is 0.226 e. The summed E-state index contributed by atoms with van der Waals surface area (Å²) >= 11 is 0. The highest BCUT2D eigenvalue weighted by Crippen LogP contribution is 2.23. The lowest BCUT2D eigenvalue weighted by molar-refractivity contribution is -0.136. The van der Waals surface area contributed by atoms with Gasteiger partial charge >= 0.3 is 0 Å². The van der Waals surface area contributed by atoms with E-state index in [1.54, 1.807) is 4.90 Å². The van der Waals surface area contributed by atoms with Crippen molar-refractivity contribution < 1.29 is 9.90 Å². The monoisotopic (exact) mass is 238 g/mol. The SMILES string of the molecule is CCN(CCO)C(=O)C1CCc2n[nH]nc2C1. The molecule has 6 nitrogen and oxygen atoms in total. The third-order valence-corrected chi connectivity index (χ3v) is 3.28. The van der Waals surface area contributed by atoms with Crippen molar-refractivity contribution >= 4 is 5.91 Å². The number of hydrogen-bond acceptors (Lipinski definition) is 4. The number of hydrogen-bond donors (Lipinski definition) is 2. The first kappa shape index (κ1) is 12.0. The lowest BCUT2D eigenvalue weighted by atomic mass is 9.88. The molecular weight excluding hydrogens is 220 g/mol. The van der Waals surface area contributed by atoms with Gasteiger partial charge in [-0.3, -0.25) is 4.79 Å². The third-order valence-electron chi connectivity index (χ3n) is 3.28. The fourth-order valence-electron chi connectivity index (χ4n) is 2.30. The number of amides is 1. The number of rotatable bonds is 4. The Kier molecular flexibility index (Phi) is 3.73. The molecule has 0 saturated heterocycles. The Balaban J connectivity index is 2.02. The summed E-state index contributed by atoms with van der Waals surface area (Å²) < 4.78 is 0. The van der Waals surface area contributed by atoms with Crippen LogP contribution in [0.2, 0.25) is 0 Å². The summed E-state index contributed by atoms with van der Waals surface area (Å²) in [5.74, 6) is 0.106. The first-order valence-electron chi connectivity index (χ1n) is 6.04. The molecule has 2 rings (SSSR count). The predicted octanol–water partition coefficient (Wildman–Crippen LogP) is -0.250. The standard InChI is InChI=1S/C11H18N4O2/c1-2-15(5-6-16)11(17)8-3-4-9-10(7-8)13-14-12-9/h8,16H,2-7H2,1H3,(H,12,13,14). The van der Waals surface area contributed by atoms with E-state index >= 15 is 0 Å². The highest BCUT2D eigenvalue weighted by molar-refractivity contribution is 5.79. The minimum Gasteiger partial charge on any atom is -0.395 e. The molecule has 0 aliphatic heterocycles. The number of nitrogens with zero attached hydrogens (tertiary/aromatic N) is 3. The van der Waals surface area contributed by atoms with Crippen LogP contribution in [-0.4, -0.2) is 51.0 Å². The lowest BCUT2D eigenvalue weighted by Gasteiger charge is -2.27. The molecule has 94 valence electrons. The summed E-state index contributed by atoms with van der Waals surface area (Å²) in [4.78, 5) is 13.9. The Labute approximate surface area is 100 Å². The zero-order valence-electron chi connectivity index (χ0n) is 10.0. The molecule has 0 saturated carbocycles. The van der Waals surface area contributed by atoms with Crippen LogP contribution < -0.4 is 0 Å². The van der Waals surface area contributed by atoms with Crippen molar-refractivity contribution in [3.63, 3.8) is 0 Å². The van der Waals surface area contributed by atoms with E-state index < -0.39 is 0 Å². The van der Waals surface area contributed by atoms with Crippen LogP contribution in [0.4, 0.5) is 0 Å². The normalized spacial score (nSPS) is 18.8. The van der Waals surface area contributed by atoms with Gasteiger partial charge in [0.2, 0.25) is 5.91 Å². The van der Waals surface area contributed by atoms with Gasteiger partial charge in [-0.05, 0) is 19.8 Å². The second kappa shape index (κ2) is 5.27. The molecule has 1 aliphatic carbocycles. The molecule has 1 aromatic heterocycles. The number of aromatic amines is 1. The summed E-state index contributed by atoms with van der Waals surface area (Å²) in [6.45, 7) is 3.00. The number of carbonyl (C=O) groups is 1. The highest BCUT2D eigenvalue weighted by atomic mass is 16.3. The molecule has 1 unspecified atom stereocenters. The number of nitrogens with one attached hydrogen (secondary N) is 1. The van der Waals surface area contributed by atoms with Gasteiger partial charge in [0, 0.05) is 25.4 Å². The number of aryl methyl sites for hydroxylation is 1. The first-order valence-corrected chi connectivity index (χ1v) is 6.04. The van der Waals surface area contributed by atoms with Crippen LogP contribution in [-0.2, 0) is 17.6 Å². The molecule has 2 N–H and O–H groups in total. The number of aliphatic hydroxyl groups is 1. The Morgan fingerprint density at radius 3 is 3.00 bits per heavy atom. The first-order chi connectivity index (χ1) is 8.26. The van der Waals surface area contributed by atoms with Crippen molar-refractivity contribution in [2.24, 2.45) is 5.92 Å². The fraction of sp³-hybridized carbons (Fsp3) is 0.727. The van der Waals surface area contributed by atoms with Gasteiger partial charge < -0.3 is 10.0 Å². The number of carbonyl (C=O) groups excluding carboxylic acids is 1. The van der Waals surface area contributed by atoms with E-state index in [0.717, 1.165) is 24.2 Å². The van der Waals surface area contributed by atoms with Gasteiger partial charge in [-0.1, -0.05) is 0 Å². The molecule has 6 heteroatoms. The van der Waals surface area contributed by atoms with Gasteiger partial charge in [0.1, 0.15) is 0 Å². The zero-order chi connectivity index (χ0) is 12.3. The van der Waals surface area contributed by atoms with Crippen molar-refractivity contribution in [1.29, 1.82) is 0 Å². The number of H-pyrrole nitrogens is 1. The van der Waals surface area contributed by atoms with Gasteiger partial charge in [0.25, 0.3) is 0 Å². The molecule has 0 radical (unpaired) electrons. The Bertz CT molecular complexity index is 391. The highest BCUT2D eigenvalue weighted by Gasteiger charge is 2.29. The van der Waals surface area contributed by atoms with E-state index in [1.807, 2.05) is 6.92 Å². The molecule has 17 heavy (non-hydrogen) atoms. The topological polar surface area (TPSA) is 82.1 Å². The number of likely N-dealkylation sites (N-methyl/N-ethyl adjacent to an activating group) is 1. The molecule has 1 heterocycles. The van der Waals surface area contributed by atoms with Crippen LogP contribution >= 0.6 is 0 Å². The zero-order valence-corrected chi connectivity index (χ0v) is 10.0. The van der Waals surface area contributed by atoms with E-state index in [4.69, 9.17) is 5.11 Å². The molecule has 0 fully saturated rings. The van der Waals surface area contributed by atoms with Crippen molar-refractivity contribution in [3.8, 4) is 0 Å². The summed E-state index contributed by atoms with van der Waals surface area (Å²) in [6, 6.07) is 0. The second-order valence-corrected chi connectivity index (χ2v) is 4.30. The van der Waals surface area contributed by atoms with E-state index in [-0.39, 0.29) is 18.4 Å². The van der Waals surface area contributed by atoms with Gasteiger partial charge in [-0.25, -0.2) is 0 Å². The maximum absolute atomic E-state index is 12.2. The maximum Gasteiger partial charge on any atom is 0.226 e. The largest absolute Gasteiger partial charge is 0.395 e. The number of aliphatic hydroxyl groups excluding tert-OH is 1. The Hall–Kier alpha value is -1.43. The molecule has 1 amide bonds. The molecule has 0 bridgehead atoms. The average Bonchev–Trinajstić information content (AvgIpc) is 2.82. The van der Waals surface area contributed by atoms with E-state index in [9.17, 15) is 4.79 Å². The van der Waals surface area contributed by atoms with Crippen molar-refractivity contribution in [2.45, 2.75) is 26.2 Å². The van der Waals surface area contributed by atoms with Crippen molar-refractivity contribution in [2.75, 3.05) is 19.7 Å². The molecule has 0 aromatic carbocycles. The van der Waals surface area contributed by atoms with Gasteiger partial charge in [-0.15, -0.1) is 0 Å². The Morgan fingerprint density at radius 1 is 1.53 bits per heavy atom. The second-order valence-electron chi connectivity index (χ2n) is 4.30. The molecule has 1 aromatic rings. The van der Waals surface area contributed by atoms with E-state index in [1.165, 1.54) is 0 Å². The summed E-state index contributed by atoms with van der Waals surface area (Å²) in [5, 5.41) is 19.6. The van der Waals surface area contributed by atoms with Crippen LogP contribution in [0.15, 0.2) is 0 Å². The average molecular weight is 238 g/mol. The summed E-state index contributed by atoms with van der Waals surface area (Å²) in [7, 11) is 0. The van der Waals surface area contributed by atoms with E-state index in [2.05, 4.69) is 15.4 Å². The summed E-state index contributed by atoms with van der Waals surface area (Å²) in [6.07, 6.45) is 2.28. The molecule has 1 atom stereocenters. The van der Waals surface area contributed by atoms with Crippen LogP contribution in [0.3, 0.4) is 0 Å². The van der Waals surface area contributed by atoms with Crippen molar-refractivity contribution in [3.05, 3.63) is 11.4 Å². The number of fused-ring (bicyclic) bond motifs is 1. The fourth-order valence-corrected chi connectivity index (χ4v) is 2.30. The minimum absolute atomic E-state index is 0.0147. The minimum atomic E-state index is -0.0147. The van der Waals surface area contributed by atoms with Crippen LogP contribution in [0.25, 0.3) is 0 Å². The Morgan fingerprint density at radius 2 is 2.29 bits per heavy atom. The van der Waals surface area contributed by atoms with Crippen LogP contribution in [0.1, 0.15) is 24.7 Å². The van der Waals surface area contributed by atoms with Gasteiger partial charge in [0.05, 0.1) is 18.0 Å². The maximum atomic E-state index is 12.2. The van der Waals surface area contributed by atoms with Crippen LogP contribution in [0, 0.1) is 5.92 Å². The van der Waals surface area contributed by atoms with Gasteiger partial charge in [0.15, 0.2) is 0 Å².